The lowest BCUT2D eigenvalue weighted by Gasteiger charge is -2.25. The molecular formula is C23H22N2O5. The number of carbonyl (C=O) groups excluding carboxylic acids is 1. The molecular weight excluding hydrogens is 384 g/mol. The third kappa shape index (κ3) is 3.91. The molecule has 30 heavy (non-hydrogen) atoms. The highest BCUT2D eigenvalue weighted by atomic mass is 16.6. The molecule has 2 aromatic heterocycles. The van der Waals surface area contributed by atoms with Crippen molar-refractivity contribution >= 4 is 5.91 Å². The molecule has 1 aromatic carbocycles. The van der Waals surface area contributed by atoms with Crippen LogP contribution in [0.1, 0.15) is 44.6 Å². The van der Waals surface area contributed by atoms with Crippen LogP contribution in [0.5, 0.6) is 11.5 Å². The van der Waals surface area contributed by atoms with Gasteiger partial charge in [-0.1, -0.05) is 12.1 Å². The fourth-order valence-corrected chi connectivity index (χ4v) is 3.40. The van der Waals surface area contributed by atoms with Crippen LogP contribution in [0, 0.1) is 20.8 Å². The summed E-state index contributed by atoms with van der Waals surface area (Å²) >= 11 is 0. The summed E-state index contributed by atoms with van der Waals surface area (Å²) in [5.74, 6) is 1.06. The highest BCUT2D eigenvalue weighted by molar-refractivity contribution is 5.95. The Morgan fingerprint density at radius 3 is 2.63 bits per heavy atom. The SMILES string of the molecule is Cc1cc(C)c(CNC(=O)c2c(C)cc(C3COc4ccccc4O3)oc2=O)cn1. The first-order valence-corrected chi connectivity index (χ1v) is 9.66. The monoisotopic (exact) mass is 406 g/mol. The third-order valence-electron chi connectivity index (χ3n) is 5.02. The molecule has 1 aliphatic rings. The lowest BCUT2D eigenvalue weighted by molar-refractivity contribution is 0.0721. The lowest BCUT2D eigenvalue weighted by Crippen LogP contribution is -2.30. The molecule has 0 fully saturated rings. The van der Waals surface area contributed by atoms with Crippen LogP contribution >= 0.6 is 0 Å². The van der Waals surface area contributed by atoms with Gasteiger partial charge in [-0.3, -0.25) is 9.78 Å². The van der Waals surface area contributed by atoms with Crippen LogP contribution < -0.4 is 20.4 Å². The van der Waals surface area contributed by atoms with Crippen molar-refractivity contribution in [3.63, 3.8) is 0 Å². The fourth-order valence-electron chi connectivity index (χ4n) is 3.40. The first-order valence-electron chi connectivity index (χ1n) is 9.66. The highest BCUT2D eigenvalue weighted by Gasteiger charge is 2.27. The number of hydrogen-bond acceptors (Lipinski definition) is 6. The first-order chi connectivity index (χ1) is 14.4. The van der Waals surface area contributed by atoms with E-state index in [9.17, 15) is 9.59 Å². The van der Waals surface area contributed by atoms with E-state index in [4.69, 9.17) is 13.9 Å². The van der Waals surface area contributed by atoms with E-state index in [0.29, 0.717) is 22.8 Å². The predicted octanol–water partition coefficient (Wildman–Crippen LogP) is 3.40. The van der Waals surface area contributed by atoms with Crippen LogP contribution in [0.25, 0.3) is 0 Å². The van der Waals surface area contributed by atoms with E-state index in [1.54, 1.807) is 25.3 Å². The van der Waals surface area contributed by atoms with Gasteiger partial charge in [0.1, 0.15) is 12.2 Å². The average molecular weight is 406 g/mol. The van der Waals surface area contributed by atoms with Gasteiger partial charge in [0.05, 0.1) is 0 Å². The van der Waals surface area contributed by atoms with Crippen molar-refractivity contribution in [2.45, 2.75) is 33.4 Å². The van der Waals surface area contributed by atoms with E-state index < -0.39 is 17.6 Å². The Morgan fingerprint density at radius 1 is 1.13 bits per heavy atom. The second-order valence-electron chi connectivity index (χ2n) is 7.29. The molecule has 1 unspecified atom stereocenters. The number of fused-ring (bicyclic) bond motifs is 1. The second kappa shape index (κ2) is 8.02. The molecule has 1 N–H and O–H groups in total. The van der Waals surface area contributed by atoms with E-state index in [2.05, 4.69) is 10.3 Å². The van der Waals surface area contributed by atoms with E-state index in [1.807, 2.05) is 38.1 Å². The maximum absolute atomic E-state index is 12.6. The molecule has 1 amide bonds. The van der Waals surface area contributed by atoms with Crippen LogP contribution in [-0.2, 0) is 6.54 Å². The Balaban J connectivity index is 1.51. The molecule has 154 valence electrons. The van der Waals surface area contributed by atoms with Crippen LogP contribution in [-0.4, -0.2) is 17.5 Å². The summed E-state index contributed by atoms with van der Waals surface area (Å²) in [4.78, 5) is 29.5. The van der Waals surface area contributed by atoms with Gasteiger partial charge in [-0.05, 0) is 61.7 Å². The van der Waals surface area contributed by atoms with Crippen LogP contribution in [0.2, 0.25) is 0 Å². The van der Waals surface area contributed by atoms with Crippen molar-refractivity contribution in [1.29, 1.82) is 0 Å². The van der Waals surface area contributed by atoms with E-state index in [1.165, 1.54) is 0 Å². The van der Waals surface area contributed by atoms with Crippen molar-refractivity contribution in [3.05, 3.63) is 86.7 Å². The van der Waals surface area contributed by atoms with E-state index >= 15 is 0 Å². The Hall–Kier alpha value is -3.61. The molecule has 0 saturated carbocycles. The number of aryl methyl sites for hydroxylation is 3. The number of amides is 1. The molecule has 0 radical (unpaired) electrons. The second-order valence-corrected chi connectivity index (χ2v) is 7.29. The van der Waals surface area contributed by atoms with Crippen molar-refractivity contribution in [3.8, 4) is 11.5 Å². The maximum Gasteiger partial charge on any atom is 0.349 e. The summed E-state index contributed by atoms with van der Waals surface area (Å²) < 4.78 is 17.0. The summed E-state index contributed by atoms with van der Waals surface area (Å²) in [7, 11) is 0. The molecule has 0 spiro atoms. The number of ether oxygens (including phenoxy) is 2. The molecule has 4 rings (SSSR count). The predicted molar refractivity (Wildman–Crippen MR) is 110 cm³/mol. The van der Waals surface area contributed by atoms with Gasteiger partial charge >= 0.3 is 5.63 Å². The van der Waals surface area contributed by atoms with Crippen molar-refractivity contribution in [2.75, 3.05) is 6.61 Å². The Kier molecular flexibility index (Phi) is 5.27. The smallest absolute Gasteiger partial charge is 0.349 e. The summed E-state index contributed by atoms with van der Waals surface area (Å²) in [5.41, 5.74) is 2.61. The summed E-state index contributed by atoms with van der Waals surface area (Å²) in [6.07, 6.45) is 1.16. The van der Waals surface area contributed by atoms with Gasteiger partial charge in [-0.25, -0.2) is 4.79 Å². The minimum absolute atomic E-state index is 0.0198. The third-order valence-corrected chi connectivity index (χ3v) is 5.02. The lowest BCUT2D eigenvalue weighted by atomic mass is 10.1. The van der Waals surface area contributed by atoms with Gasteiger partial charge in [0.15, 0.2) is 23.4 Å². The van der Waals surface area contributed by atoms with Crippen LogP contribution in [0.3, 0.4) is 0 Å². The molecule has 0 bridgehead atoms. The molecule has 1 aliphatic heterocycles. The number of benzene rings is 1. The maximum atomic E-state index is 12.6. The van der Waals surface area contributed by atoms with Crippen molar-refractivity contribution in [1.82, 2.24) is 10.3 Å². The summed E-state index contributed by atoms with van der Waals surface area (Å²) in [6, 6.07) is 10.9. The average Bonchev–Trinajstić information content (AvgIpc) is 2.72. The number of nitrogens with zero attached hydrogens (tertiary/aromatic N) is 1. The van der Waals surface area contributed by atoms with Crippen LogP contribution in [0.15, 0.2) is 51.8 Å². The van der Waals surface area contributed by atoms with Gasteiger partial charge in [0.25, 0.3) is 5.91 Å². The molecule has 3 heterocycles. The molecule has 0 aliphatic carbocycles. The number of rotatable bonds is 4. The number of aromatic nitrogens is 1. The quantitative estimate of drug-likeness (QED) is 0.714. The van der Waals surface area contributed by atoms with Crippen molar-refractivity contribution < 1.29 is 18.7 Å². The molecule has 1 atom stereocenters. The summed E-state index contributed by atoms with van der Waals surface area (Å²) in [5, 5.41) is 2.77. The number of pyridine rings is 1. The highest BCUT2D eigenvalue weighted by Crippen LogP contribution is 2.35. The zero-order valence-corrected chi connectivity index (χ0v) is 17.0. The molecule has 7 heteroatoms. The van der Waals surface area contributed by atoms with Crippen molar-refractivity contribution in [2.24, 2.45) is 0 Å². The molecule has 7 nitrogen and oxygen atoms in total. The molecule has 3 aromatic rings. The minimum Gasteiger partial charge on any atom is -0.485 e. The van der Waals surface area contributed by atoms with Crippen LogP contribution in [0.4, 0.5) is 0 Å². The summed E-state index contributed by atoms with van der Waals surface area (Å²) in [6.45, 7) is 6.05. The Morgan fingerprint density at radius 2 is 1.90 bits per heavy atom. The van der Waals surface area contributed by atoms with Gasteiger partial charge < -0.3 is 19.2 Å². The van der Waals surface area contributed by atoms with Gasteiger partial charge in [-0.15, -0.1) is 0 Å². The Bertz CT molecular complexity index is 1170. The standard InChI is InChI=1S/C23H22N2O5/c1-13-8-15(3)24-10-16(13)11-25-22(26)21-14(2)9-19(30-23(21)27)20-12-28-17-6-4-5-7-18(17)29-20/h4-10,20H,11-12H2,1-3H3,(H,25,26). The first kappa shape index (κ1) is 19.7. The normalized spacial score (nSPS) is 15.0. The fraction of sp³-hybridized carbons (Fsp3) is 0.261. The van der Waals surface area contributed by atoms with E-state index in [-0.39, 0.29) is 18.7 Å². The molecule has 0 saturated heterocycles. The number of para-hydroxylation sites is 2. The van der Waals surface area contributed by atoms with Gasteiger partial charge in [-0.2, -0.15) is 0 Å². The zero-order valence-electron chi connectivity index (χ0n) is 17.0. The minimum atomic E-state index is -0.705. The largest absolute Gasteiger partial charge is 0.485 e. The number of carbonyl (C=O) groups is 1. The Labute approximate surface area is 173 Å². The number of hydrogen-bond donors (Lipinski definition) is 1. The zero-order chi connectivity index (χ0) is 21.3. The topological polar surface area (TPSA) is 90.7 Å². The number of nitrogens with one attached hydrogen (secondary N) is 1. The van der Waals surface area contributed by atoms with Gasteiger partial charge in [0, 0.05) is 18.4 Å². The van der Waals surface area contributed by atoms with Gasteiger partial charge in [0.2, 0.25) is 0 Å². The van der Waals surface area contributed by atoms with E-state index in [0.717, 1.165) is 16.8 Å².